The van der Waals surface area contributed by atoms with Gasteiger partial charge in [0.2, 0.25) is 0 Å². The molecular weight excluding hydrogens is 286 g/mol. The fourth-order valence-electron chi connectivity index (χ4n) is 1.72. The van der Waals surface area contributed by atoms with Gasteiger partial charge in [-0.2, -0.15) is 0 Å². The number of nitrogens with zero attached hydrogens (tertiary/aromatic N) is 5. The molecule has 3 rings (SSSR count). The number of aromatic nitrogens is 6. The quantitative estimate of drug-likeness (QED) is 0.548. The Morgan fingerprint density at radius 2 is 1.95 bits per heavy atom. The van der Waals surface area contributed by atoms with E-state index in [-0.39, 0.29) is 0 Å². The number of hydrogen-bond acceptors (Lipinski definition) is 7. The monoisotopic (exact) mass is 301 g/mol. The second kappa shape index (κ2) is 6.15. The van der Waals surface area contributed by atoms with Crippen molar-refractivity contribution in [2.45, 2.75) is 36.6 Å². The van der Waals surface area contributed by atoms with Crippen LogP contribution in [0, 0.1) is 0 Å². The van der Waals surface area contributed by atoms with E-state index in [9.17, 15) is 0 Å². The molecule has 108 valence electrons. The Morgan fingerprint density at radius 3 is 2.71 bits per heavy atom. The van der Waals surface area contributed by atoms with Crippen molar-refractivity contribution in [3.8, 4) is 0 Å². The third-order valence-electron chi connectivity index (χ3n) is 2.77. The smallest absolute Gasteiger partial charge is 0.193 e. The molecule has 0 amide bonds. The van der Waals surface area contributed by atoms with Crippen LogP contribution in [0.1, 0.15) is 19.4 Å². The number of fused-ring (bicyclic) bond motifs is 1. The molecule has 0 saturated heterocycles. The van der Waals surface area contributed by atoms with Crippen molar-refractivity contribution in [3.63, 3.8) is 0 Å². The van der Waals surface area contributed by atoms with Crippen molar-refractivity contribution in [2.24, 2.45) is 0 Å². The van der Waals surface area contributed by atoms with Crippen LogP contribution in [0.25, 0.3) is 11.2 Å². The van der Waals surface area contributed by atoms with Crippen LogP contribution in [0.5, 0.6) is 0 Å². The minimum absolute atomic E-state index is 0.439. The molecule has 7 nitrogen and oxygen atoms in total. The molecule has 0 radical (unpaired) electrons. The summed E-state index contributed by atoms with van der Waals surface area (Å²) in [5, 5.41) is 4.75. The van der Waals surface area contributed by atoms with Gasteiger partial charge in [-0.05, 0) is 11.8 Å². The molecule has 8 heteroatoms. The van der Waals surface area contributed by atoms with Crippen LogP contribution in [0.15, 0.2) is 35.2 Å². The summed E-state index contributed by atoms with van der Waals surface area (Å²) in [5.41, 5.74) is 2.50. The Kier molecular flexibility index (Phi) is 4.07. The number of nitrogens with one attached hydrogen (secondary N) is 2. The lowest BCUT2D eigenvalue weighted by atomic mass is 10.3. The summed E-state index contributed by atoms with van der Waals surface area (Å²) in [6.07, 6.45) is 6.75. The van der Waals surface area contributed by atoms with Crippen molar-refractivity contribution in [2.75, 3.05) is 0 Å². The second-order valence-corrected chi connectivity index (χ2v) is 5.75. The highest BCUT2D eigenvalue weighted by molar-refractivity contribution is 7.99. The Hall–Kier alpha value is -2.06. The molecule has 0 atom stereocenters. The summed E-state index contributed by atoms with van der Waals surface area (Å²) in [6, 6.07) is 0.439. The number of hydrogen-bond donors (Lipinski definition) is 2. The average Bonchev–Trinajstić information content (AvgIpc) is 2.96. The third-order valence-corrected chi connectivity index (χ3v) is 3.67. The zero-order valence-electron chi connectivity index (χ0n) is 11.7. The number of H-pyrrole nitrogens is 1. The predicted molar refractivity (Wildman–Crippen MR) is 79.8 cm³/mol. The SMILES string of the molecule is CC(C)NCc1cnc(Sc2ncnc3nc[nH]c23)nc1. The lowest BCUT2D eigenvalue weighted by Gasteiger charge is -2.07. The first kappa shape index (κ1) is 13.9. The molecule has 3 aromatic heterocycles. The zero-order chi connectivity index (χ0) is 14.7. The fourth-order valence-corrected chi connectivity index (χ4v) is 2.45. The van der Waals surface area contributed by atoms with Crippen LogP contribution < -0.4 is 5.32 Å². The average molecular weight is 301 g/mol. The van der Waals surface area contributed by atoms with Crippen molar-refractivity contribution in [1.82, 2.24) is 35.2 Å². The molecule has 3 aromatic rings. The first-order chi connectivity index (χ1) is 10.2. The van der Waals surface area contributed by atoms with Gasteiger partial charge >= 0.3 is 0 Å². The molecule has 0 aliphatic heterocycles. The van der Waals surface area contributed by atoms with Crippen LogP contribution in [0.3, 0.4) is 0 Å². The molecule has 21 heavy (non-hydrogen) atoms. The van der Waals surface area contributed by atoms with Crippen molar-refractivity contribution >= 4 is 22.9 Å². The van der Waals surface area contributed by atoms with Crippen LogP contribution in [-0.2, 0) is 6.54 Å². The Morgan fingerprint density at radius 1 is 1.14 bits per heavy atom. The van der Waals surface area contributed by atoms with Crippen molar-refractivity contribution in [1.29, 1.82) is 0 Å². The zero-order valence-corrected chi connectivity index (χ0v) is 12.6. The molecule has 0 aromatic carbocycles. The van der Waals surface area contributed by atoms with Gasteiger partial charge in [-0.25, -0.2) is 24.9 Å². The standard InChI is InChI=1S/C13H15N7S/c1-8(2)14-3-9-4-15-13(16-5-9)21-12-10-11(18-6-17-10)19-7-20-12/h4-8,14H,3H2,1-2H3,(H,17,18,19,20). The summed E-state index contributed by atoms with van der Waals surface area (Å²) < 4.78 is 0. The molecule has 0 bridgehead atoms. The van der Waals surface area contributed by atoms with Gasteiger partial charge in [-0.3, -0.25) is 0 Å². The van der Waals surface area contributed by atoms with E-state index in [2.05, 4.69) is 49.1 Å². The summed E-state index contributed by atoms with van der Waals surface area (Å²) >= 11 is 1.39. The molecule has 0 aliphatic rings. The highest BCUT2D eigenvalue weighted by atomic mass is 32.2. The molecule has 0 fully saturated rings. The molecule has 0 spiro atoms. The summed E-state index contributed by atoms with van der Waals surface area (Å²) in [5.74, 6) is 0. The highest BCUT2D eigenvalue weighted by Gasteiger charge is 2.09. The minimum atomic E-state index is 0.439. The predicted octanol–water partition coefficient (Wildman–Crippen LogP) is 1.79. The highest BCUT2D eigenvalue weighted by Crippen LogP contribution is 2.26. The van der Waals surface area contributed by atoms with Gasteiger partial charge in [0.1, 0.15) is 16.9 Å². The normalized spacial score (nSPS) is 11.4. The largest absolute Gasteiger partial charge is 0.341 e. The van der Waals surface area contributed by atoms with Gasteiger partial charge in [0, 0.05) is 30.5 Å². The number of rotatable bonds is 5. The maximum atomic E-state index is 4.36. The van der Waals surface area contributed by atoms with Gasteiger partial charge in [-0.15, -0.1) is 0 Å². The fraction of sp³-hybridized carbons (Fsp3) is 0.308. The van der Waals surface area contributed by atoms with Crippen LogP contribution >= 0.6 is 11.8 Å². The van der Waals surface area contributed by atoms with E-state index >= 15 is 0 Å². The van der Waals surface area contributed by atoms with E-state index in [0.29, 0.717) is 16.8 Å². The number of aromatic amines is 1. The van der Waals surface area contributed by atoms with E-state index in [1.807, 2.05) is 12.4 Å². The first-order valence-electron chi connectivity index (χ1n) is 6.58. The summed E-state index contributed by atoms with van der Waals surface area (Å²) in [4.78, 5) is 24.2. The Balaban J connectivity index is 1.74. The van der Waals surface area contributed by atoms with E-state index in [1.54, 1.807) is 6.33 Å². The molecule has 3 heterocycles. The molecule has 0 saturated carbocycles. The van der Waals surface area contributed by atoms with E-state index in [0.717, 1.165) is 22.7 Å². The maximum absolute atomic E-state index is 4.36. The van der Waals surface area contributed by atoms with Crippen LogP contribution in [0.2, 0.25) is 0 Å². The number of imidazole rings is 1. The van der Waals surface area contributed by atoms with Crippen LogP contribution in [0.4, 0.5) is 0 Å². The van der Waals surface area contributed by atoms with Gasteiger partial charge in [-0.1, -0.05) is 13.8 Å². The molecule has 2 N–H and O–H groups in total. The van der Waals surface area contributed by atoms with E-state index < -0.39 is 0 Å². The van der Waals surface area contributed by atoms with Gasteiger partial charge < -0.3 is 10.3 Å². The van der Waals surface area contributed by atoms with Crippen molar-refractivity contribution in [3.05, 3.63) is 30.6 Å². The van der Waals surface area contributed by atoms with Gasteiger partial charge in [0.05, 0.1) is 6.33 Å². The second-order valence-electron chi connectivity index (χ2n) is 4.79. The third kappa shape index (κ3) is 3.34. The van der Waals surface area contributed by atoms with Crippen molar-refractivity contribution < 1.29 is 0 Å². The van der Waals surface area contributed by atoms with Gasteiger partial charge in [0.25, 0.3) is 0 Å². The first-order valence-corrected chi connectivity index (χ1v) is 7.40. The maximum Gasteiger partial charge on any atom is 0.193 e. The summed E-state index contributed by atoms with van der Waals surface area (Å²) in [7, 11) is 0. The summed E-state index contributed by atoms with van der Waals surface area (Å²) in [6.45, 7) is 4.98. The Bertz CT molecular complexity index is 723. The lowest BCUT2D eigenvalue weighted by molar-refractivity contribution is 0.585. The molecular formula is C13H15N7S. The lowest BCUT2D eigenvalue weighted by Crippen LogP contribution is -2.21. The van der Waals surface area contributed by atoms with Crippen LogP contribution in [-0.4, -0.2) is 35.9 Å². The van der Waals surface area contributed by atoms with E-state index in [4.69, 9.17) is 0 Å². The molecule has 0 aliphatic carbocycles. The van der Waals surface area contributed by atoms with E-state index in [1.165, 1.54) is 18.1 Å². The van der Waals surface area contributed by atoms with Gasteiger partial charge in [0.15, 0.2) is 10.8 Å². The minimum Gasteiger partial charge on any atom is -0.341 e. The molecule has 0 unspecified atom stereocenters. The topological polar surface area (TPSA) is 92.3 Å². The Labute approximate surface area is 126 Å².